The molecule has 0 fully saturated rings. The van der Waals surface area contributed by atoms with E-state index < -0.39 is 0 Å². The van der Waals surface area contributed by atoms with Crippen LogP contribution in [0.15, 0.2) is 16.5 Å². The molecule has 1 heterocycles. The van der Waals surface area contributed by atoms with Crippen molar-refractivity contribution in [1.82, 2.24) is 0 Å². The van der Waals surface area contributed by atoms with Crippen LogP contribution in [-0.4, -0.2) is 0 Å². The van der Waals surface area contributed by atoms with E-state index in [1.54, 1.807) is 0 Å². The van der Waals surface area contributed by atoms with Gasteiger partial charge in [-0.25, -0.2) is 4.39 Å². The lowest BCUT2D eigenvalue weighted by molar-refractivity contribution is 0.543. The van der Waals surface area contributed by atoms with Gasteiger partial charge in [0.1, 0.15) is 17.2 Å². The maximum absolute atomic E-state index is 13.3. The van der Waals surface area contributed by atoms with Crippen molar-refractivity contribution in [2.24, 2.45) is 5.73 Å². The average Bonchev–Trinajstić information content (AvgIpc) is 2.55. The Labute approximate surface area is 87.9 Å². The van der Waals surface area contributed by atoms with Gasteiger partial charge in [0.25, 0.3) is 0 Å². The summed E-state index contributed by atoms with van der Waals surface area (Å²) < 4.78 is 18.9. The summed E-state index contributed by atoms with van der Waals surface area (Å²) >= 11 is 0. The highest BCUT2D eigenvalue weighted by Crippen LogP contribution is 2.29. The van der Waals surface area contributed by atoms with Gasteiger partial charge in [-0.15, -0.1) is 0 Å². The van der Waals surface area contributed by atoms with Crippen molar-refractivity contribution in [3.63, 3.8) is 0 Å². The lowest BCUT2D eigenvalue weighted by atomic mass is 10.1. The molecular weight excluding hydrogens is 193 g/mol. The monoisotopic (exact) mass is 207 g/mol. The number of hydrogen-bond donors (Lipinski definition) is 1. The van der Waals surface area contributed by atoms with Gasteiger partial charge >= 0.3 is 0 Å². The summed E-state index contributed by atoms with van der Waals surface area (Å²) in [6, 6.07) is 3.00. The molecule has 0 saturated heterocycles. The van der Waals surface area contributed by atoms with Crippen molar-refractivity contribution in [3.05, 3.63) is 34.8 Å². The molecule has 0 unspecified atom stereocenters. The average molecular weight is 207 g/mol. The van der Waals surface area contributed by atoms with Gasteiger partial charge in [-0.1, -0.05) is 6.92 Å². The molecule has 0 aliphatic rings. The zero-order valence-electron chi connectivity index (χ0n) is 8.93. The van der Waals surface area contributed by atoms with E-state index in [9.17, 15) is 4.39 Å². The van der Waals surface area contributed by atoms with Crippen molar-refractivity contribution in [3.8, 4) is 0 Å². The van der Waals surface area contributed by atoms with Gasteiger partial charge < -0.3 is 10.2 Å². The Kier molecular flexibility index (Phi) is 2.49. The molecule has 2 nitrogen and oxygen atoms in total. The van der Waals surface area contributed by atoms with E-state index in [-0.39, 0.29) is 5.82 Å². The third kappa shape index (κ3) is 1.53. The maximum Gasteiger partial charge on any atom is 0.137 e. The Bertz CT molecular complexity index is 502. The second-order valence-electron chi connectivity index (χ2n) is 3.66. The van der Waals surface area contributed by atoms with E-state index in [1.807, 2.05) is 13.8 Å². The number of rotatable bonds is 2. The van der Waals surface area contributed by atoms with E-state index in [0.717, 1.165) is 34.3 Å². The van der Waals surface area contributed by atoms with E-state index in [2.05, 4.69) is 0 Å². The molecule has 0 amide bonds. The minimum atomic E-state index is -0.223. The Hall–Kier alpha value is -1.35. The predicted molar refractivity (Wildman–Crippen MR) is 58.2 cm³/mol. The zero-order chi connectivity index (χ0) is 11.0. The molecule has 2 N–H and O–H groups in total. The van der Waals surface area contributed by atoms with Crippen LogP contribution in [0.4, 0.5) is 4.39 Å². The highest BCUT2D eigenvalue weighted by molar-refractivity contribution is 5.85. The van der Waals surface area contributed by atoms with Crippen LogP contribution in [0, 0.1) is 12.7 Å². The molecule has 0 saturated carbocycles. The molecule has 0 atom stereocenters. The summed E-state index contributed by atoms with van der Waals surface area (Å²) in [7, 11) is 0. The normalized spacial score (nSPS) is 11.2. The minimum absolute atomic E-state index is 0.223. The smallest absolute Gasteiger partial charge is 0.137 e. The number of aryl methyl sites for hydroxylation is 2. The van der Waals surface area contributed by atoms with E-state index in [1.165, 1.54) is 12.1 Å². The number of furan rings is 1. The Morgan fingerprint density at radius 2 is 2.13 bits per heavy atom. The van der Waals surface area contributed by atoms with Crippen LogP contribution in [0.5, 0.6) is 0 Å². The van der Waals surface area contributed by atoms with Gasteiger partial charge in [-0.3, -0.25) is 0 Å². The molecule has 1 aromatic carbocycles. The molecule has 0 bridgehead atoms. The summed E-state index contributed by atoms with van der Waals surface area (Å²) in [5.74, 6) is 0.542. The summed E-state index contributed by atoms with van der Waals surface area (Å²) in [5, 5.41) is 0.857. The van der Waals surface area contributed by atoms with Gasteiger partial charge in [0.15, 0.2) is 0 Å². The second-order valence-corrected chi connectivity index (χ2v) is 3.66. The molecule has 0 aliphatic carbocycles. The summed E-state index contributed by atoms with van der Waals surface area (Å²) in [5.41, 5.74) is 8.19. The molecule has 15 heavy (non-hydrogen) atoms. The zero-order valence-corrected chi connectivity index (χ0v) is 8.93. The first-order chi connectivity index (χ1) is 7.17. The van der Waals surface area contributed by atoms with Gasteiger partial charge in [-0.05, 0) is 31.0 Å². The summed E-state index contributed by atoms with van der Waals surface area (Å²) in [6.07, 6.45) is 0.808. The third-order valence-corrected chi connectivity index (χ3v) is 2.67. The number of hydrogen-bond acceptors (Lipinski definition) is 2. The maximum atomic E-state index is 13.3. The highest BCUT2D eigenvalue weighted by Gasteiger charge is 2.14. The third-order valence-electron chi connectivity index (χ3n) is 2.67. The van der Waals surface area contributed by atoms with Gasteiger partial charge in [0.05, 0.1) is 6.54 Å². The summed E-state index contributed by atoms with van der Waals surface area (Å²) in [6.45, 7) is 4.22. The van der Waals surface area contributed by atoms with Gasteiger partial charge in [0.2, 0.25) is 0 Å². The molecule has 3 heteroatoms. The van der Waals surface area contributed by atoms with Crippen molar-refractivity contribution in [2.45, 2.75) is 26.8 Å². The molecule has 0 spiro atoms. The van der Waals surface area contributed by atoms with Crippen LogP contribution in [0.2, 0.25) is 0 Å². The molecule has 1 aromatic heterocycles. The number of halogens is 1. The number of benzene rings is 1. The van der Waals surface area contributed by atoms with Crippen molar-refractivity contribution in [1.29, 1.82) is 0 Å². The van der Waals surface area contributed by atoms with Crippen LogP contribution in [0.1, 0.15) is 23.8 Å². The number of fused-ring (bicyclic) bond motifs is 1. The lowest BCUT2D eigenvalue weighted by Gasteiger charge is -1.96. The van der Waals surface area contributed by atoms with Crippen LogP contribution < -0.4 is 5.73 Å². The molecular formula is C12H14FNO. The molecule has 80 valence electrons. The highest BCUT2D eigenvalue weighted by atomic mass is 19.1. The van der Waals surface area contributed by atoms with Crippen molar-refractivity contribution < 1.29 is 8.81 Å². The van der Waals surface area contributed by atoms with E-state index >= 15 is 0 Å². The Morgan fingerprint density at radius 1 is 1.40 bits per heavy atom. The van der Waals surface area contributed by atoms with Crippen molar-refractivity contribution >= 4 is 11.0 Å². The van der Waals surface area contributed by atoms with E-state index in [0.29, 0.717) is 6.54 Å². The Balaban J connectivity index is 2.82. The van der Waals surface area contributed by atoms with Crippen LogP contribution in [0.25, 0.3) is 11.0 Å². The fourth-order valence-corrected chi connectivity index (χ4v) is 1.98. The fraction of sp³-hybridized carbons (Fsp3) is 0.333. The molecule has 2 rings (SSSR count). The Morgan fingerprint density at radius 3 is 2.73 bits per heavy atom. The SMILES string of the molecule is CCc1c(CN)oc2c(C)cc(F)cc12. The van der Waals surface area contributed by atoms with Gasteiger partial charge in [0, 0.05) is 10.9 Å². The van der Waals surface area contributed by atoms with Gasteiger partial charge in [-0.2, -0.15) is 0 Å². The number of nitrogens with two attached hydrogens (primary N) is 1. The first-order valence-corrected chi connectivity index (χ1v) is 5.07. The van der Waals surface area contributed by atoms with Crippen LogP contribution in [0.3, 0.4) is 0 Å². The fourth-order valence-electron chi connectivity index (χ4n) is 1.98. The lowest BCUT2D eigenvalue weighted by Crippen LogP contribution is -1.97. The van der Waals surface area contributed by atoms with Crippen molar-refractivity contribution in [2.75, 3.05) is 0 Å². The largest absolute Gasteiger partial charge is 0.459 e. The van der Waals surface area contributed by atoms with Crippen LogP contribution >= 0.6 is 0 Å². The summed E-state index contributed by atoms with van der Waals surface area (Å²) in [4.78, 5) is 0. The predicted octanol–water partition coefficient (Wildman–Crippen LogP) is 2.90. The second kappa shape index (κ2) is 3.66. The quantitative estimate of drug-likeness (QED) is 0.822. The first-order valence-electron chi connectivity index (χ1n) is 5.07. The molecule has 2 aromatic rings. The first kappa shape index (κ1) is 10.2. The minimum Gasteiger partial charge on any atom is -0.459 e. The standard InChI is InChI=1S/C12H14FNO/c1-3-9-10-5-8(13)4-7(2)12(10)15-11(9)6-14/h4-5H,3,6,14H2,1-2H3. The topological polar surface area (TPSA) is 39.2 Å². The van der Waals surface area contributed by atoms with Crippen LogP contribution in [-0.2, 0) is 13.0 Å². The molecule has 0 aliphatic heterocycles. The molecule has 0 radical (unpaired) electrons. The van der Waals surface area contributed by atoms with E-state index in [4.69, 9.17) is 10.2 Å².